The molecule has 0 saturated heterocycles. The highest BCUT2D eigenvalue weighted by Crippen LogP contribution is 2.32. The number of aromatic nitrogens is 1. The minimum absolute atomic E-state index is 0.0841. The summed E-state index contributed by atoms with van der Waals surface area (Å²) in [5.41, 5.74) is 2.31. The van der Waals surface area contributed by atoms with Crippen molar-refractivity contribution in [2.45, 2.75) is 26.0 Å². The summed E-state index contributed by atoms with van der Waals surface area (Å²) in [6.07, 6.45) is 1.83. The fraction of sp³-hybridized carbons (Fsp3) is 0.200. The fourth-order valence-electron chi connectivity index (χ4n) is 3.07. The minimum Gasteiger partial charge on any atom is -0.479 e. The van der Waals surface area contributed by atoms with E-state index >= 15 is 0 Å². The predicted octanol–water partition coefficient (Wildman–Crippen LogP) is 3.39. The topological polar surface area (TPSA) is 72.4 Å². The zero-order valence-corrected chi connectivity index (χ0v) is 14.4. The average Bonchev–Trinajstić information content (AvgIpc) is 3.04. The lowest BCUT2D eigenvalue weighted by molar-refractivity contribution is -0.122. The molecule has 2 amide bonds. The van der Waals surface area contributed by atoms with Gasteiger partial charge >= 0.3 is 0 Å². The van der Waals surface area contributed by atoms with Crippen LogP contribution in [0.3, 0.4) is 0 Å². The number of carbonyl (C=O) groups is 2. The van der Waals surface area contributed by atoms with E-state index in [-0.39, 0.29) is 11.8 Å². The van der Waals surface area contributed by atoms with Gasteiger partial charge in [0.15, 0.2) is 6.10 Å². The maximum atomic E-state index is 12.3. The van der Waals surface area contributed by atoms with Gasteiger partial charge in [-0.15, -0.1) is 0 Å². The number of amides is 2. The summed E-state index contributed by atoms with van der Waals surface area (Å²) in [5, 5.41) is 6.81. The first-order valence-electron chi connectivity index (χ1n) is 8.55. The molecule has 0 spiro atoms. The lowest BCUT2D eigenvalue weighted by Gasteiger charge is -2.23. The largest absolute Gasteiger partial charge is 0.479 e. The van der Waals surface area contributed by atoms with E-state index in [0.29, 0.717) is 30.1 Å². The van der Waals surface area contributed by atoms with Crippen LogP contribution in [-0.4, -0.2) is 22.5 Å². The molecular formula is C20H19N3O3. The molecule has 1 aromatic heterocycles. The van der Waals surface area contributed by atoms with Crippen LogP contribution in [0.2, 0.25) is 0 Å². The summed E-state index contributed by atoms with van der Waals surface area (Å²) in [6.45, 7) is 2.29. The predicted molar refractivity (Wildman–Crippen MR) is 100 cm³/mol. The number of hydrogen-bond acceptors (Lipinski definition) is 3. The van der Waals surface area contributed by atoms with Crippen molar-refractivity contribution in [3.05, 3.63) is 54.7 Å². The van der Waals surface area contributed by atoms with Gasteiger partial charge < -0.3 is 19.9 Å². The molecule has 0 unspecified atom stereocenters. The van der Waals surface area contributed by atoms with Gasteiger partial charge in [0.25, 0.3) is 5.91 Å². The van der Waals surface area contributed by atoms with Crippen molar-refractivity contribution in [1.29, 1.82) is 0 Å². The molecule has 2 aromatic carbocycles. The molecule has 1 aliphatic rings. The summed E-state index contributed by atoms with van der Waals surface area (Å²) in [6, 6.07) is 15.4. The third-order valence-corrected chi connectivity index (χ3v) is 4.45. The molecule has 3 aromatic rings. The van der Waals surface area contributed by atoms with E-state index in [4.69, 9.17) is 4.74 Å². The van der Waals surface area contributed by atoms with Crippen molar-refractivity contribution >= 4 is 34.1 Å². The molecule has 1 atom stereocenters. The molecule has 26 heavy (non-hydrogen) atoms. The molecule has 0 saturated carbocycles. The number of nitrogens with one attached hydrogen (secondary N) is 2. The second-order valence-electron chi connectivity index (χ2n) is 6.33. The SMILES string of the molecule is C[C@H]1Oc2ccc(NC(=O)CCn3ccc4ccccc43)cc2NC1=O. The molecule has 4 rings (SSSR count). The maximum absolute atomic E-state index is 12.3. The van der Waals surface area contributed by atoms with Crippen LogP contribution >= 0.6 is 0 Å². The van der Waals surface area contributed by atoms with Crippen molar-refractivity contribution < 1.29 is 14.3 Å². The summed E-state index contributed by atoms with van der Waals surface area (Å²) >= 11 is 0. The number of fused-ring (bicyclic) bond motifs is 2. The Labute approximate surface area is 150 Å². The first-order chi connectivity index (χ1) is 12.6. The van der Waals surface area contributed by atoms with Gasteiger partial charge in [-0.05, 0) is 42.6 Å². The van der Waals surface area contributed by atoms with Crippen LogP contribution in [0.25, 0.3) is 10.9 Å². The van der Waals surface area contributed by atoms with Gasteiger partial charge in [0.2, 0.25) is 5.91 Å². The minimum atomic E-state index is -0.515. The zero-order valence-electron chi connectivity index (χ0n) is 14.4. The first kappa shape index (κ1) is 16.2. The third kappa shape index (κ3) is 3.13. The fourth-order valence-corrected chi connectivity index (χ4v) is 3.07. The van der Waals surface area contributed by atoms with Crippen molar-refractivity contribution in [3.8, 4) is 5.75 Å². The van der Waals surface area contributed by atoms with E-state index in [2.05, 4.69) is 21.3 Å². The first-order valence-corrected chi connectivity index (χ1v) is 8.55. The lowest BCUT2D eigenvalue weighted by Crippen LogP contribution is -2.34. The Morgan fingerprint density at radius 1 is 1.23 bits per heavy atom. The second-order valence-corrected chi connectivity index (χ2v) is 6.33. The number of aryl methyl sites for hydroxylation is 1. The Hall–Kier alpha value is -3.28. The molecule has 2 N–H and O–H groups in total. The molecule has 0 aliphatic carbocycles. The van der Waals surface area contributed by atoms with Crippen LogP contribution in [0, 0.1) is 0 Å². The molecule has 2 heterocycles. The van der Waals surface area contributed by atoms with E-state index in [1.54, 1.807) is 25.1 Å². The van der Waals surface area contributed by atoms with Crippen molar-refractivity contribution in [1.82, 2.24) is 4.57 Å². The molecule has 0 bridgehead atoms. The summed E-state index contributed by atoms with van der Waals surface area (Å²) in [4.78, 5) is 24.0. The quantitative estimate of drug-likeness (QED) is 0.758. The van der Waals surface area contributed by atoms with Gasteiger partial charge in [-0.1, -0.05) is 18.2 Å². The zero-order chi connectivity index (χ0) is 18.1. The highest BCUT2D eigenvalue weighted by atomic mass is 16.5. The maximum Gasteiger partial charge on any atom is 0.265 e. The van der Waals surface area contributed by atoms with Crippen molar-refractivity contribution in [2.75, 3.05) is 10.6 Å². The Morgan fingerprint density at radius 2 is 2.08 bits per heavy atom. The smallest absolute Gasteiger partial charge is 0.265 e. The molecule has 6 heteroatoms. The molecule has 6 nitrogen and oxygen atoms in total. The number of anilines is 2. The number of rotatable bonds is 4. The lowest BCUT2D eigenvalue weighted by atomic mass is 10.2. The van der Waals surface area contributed by atoms with Crippen LogP contribution in [-0.2, 0) is 16.1 Å². The number of ether oxygens (including phenoxy) is 1. The number of nitrogens with zero attached hydrogens (tertiary/aromatic N) is 1. The van der Waals surface area contributed by atoms with Gasteiger partial charge in [-0.25, -0.2) is 0 Å². The molecule has 0 radical (unpaired) electrons. The summed E-state index contributed by atoms with van der Waals surface area (Å²) in [5.74, 6) is 0.327. The van der Waals surface area contributed by atoms with Gasteiger partial charge in [-0.2, -0.15) is 0 Å². The average molecular weight is 349 g/mol. The molecule has 0 fully saturated rings. The number of para-hydroxylation sites is 1. The summed E-state index contributed by atoms with van der Waals surface area (Å²) in [7, 11) is 0. The number of benzene rings is 2. The highest BCUT2D eigenvalue weighted by Gasteiger charge is 2.23. The number of hydrogen-bond donors (Lipinski definition) is 2. The van der Waals surface area contributed by atoms with Gasteiger partial charge in [0, 0.05) is 30.4 Å². The van der Waals surface area contributed by atoms with E-state index in [9.17, 15) is 9.59 Å². The van der Waals surface area contributed by atoms with E-state index in [0.717, 1.165) is 10.9 Å². The van der Waals surface area contributed by atoms with Gasteiger partial charge in [0.05, 0.1) is 5.69 Å². The molecule has 132 valence electrons. The van der Waals surface area contributed by atoms with Crippen LogP contribution in [0.1, 0.15) is 13.3 Å². The van der Waals surface area contributed by atoms with E-state index < -0.39 is 6.10 Å². The Bertz CT molecular complexity index is 993. The number of carbonyl (C=O) groups excluding carboxylic acids is 2. The van der Waals surface area contributed by atoms with Crippen LogP contribution in [0.4, 0.5) is 11.4 Å². The van der Waals surface area contributed by atoms with Crippen molar-refractivity contribution in [2.24, 2.45) is 0 Å². The van der Waals surface area contributed by atoms with Crippen LogP contribution < -0.4 is 15.4 Å². The van der Waals surface area contributed by atoms with Crippen LogP contribution in [0.5, 0.6) is 5.75 Å². The van der Waals surface area contributed by atoms with E-state index in [1.165, 1.54) is 0 Å². The normalized spacial score (nSPS) is 15.9. The monoisotopic (exact) mass is 349 g/mol. The molecular weight excluding hydrogens is 330 g/mol. The molecule has 1 aliphatic heterocycles. The Kier molecular flexibility index (Phi) is 4.08. The highest BCUT2D eigenvalue weighted by molar-refractivity contribution is 5.99. The second kappa shape index (κ2) is 6.55. The summed E-state index contributed by atoms with van der Waals surface area (Å²) < 4.78 is 7.58. The van der Waals surface area contributed by atoms with Gasteiger partial charge in [0.1, 0.15) is 5.75 Å². The third-order valence-electron chi connectivity index (χ3n) is 4.45. The van der Waals surface area contributed by atoms with Crippen molar-refractivity contribution in [3.63, 3.8) is 0 Å². The Morgan fingerprint density at radius 3 is 2.96 bits per heavy atom. The van der Waals surface area contributed by atoms with E-state index in [1.807, 2.05) is 30.5 Å². The van der Waals surface area contributed by atoms with Gasteiger partial charge in [-0.3, -0.25) is 9.59 Å². The standard InChI is InChI=1S/C20H19N3O3/c1-13-20(25)22-16-12-15(6-7-18(16)26-13)21-19(24)9-11-23-10-8-14-4-2-3-5-17(14)23/h2-8,10,12-13H,9,11H2,1H3,(H,21,24)(H,22,25)/t13-/m1/s1. The van der Waals surface area contributed by atoms with Crippen LogP contribution in [0.15, 0.2) is 54.7 Å². The Balaban J connectivity index is 1.41.